The highest BCUT2D eigenvalue weighted by Gasteiger charge is 2.48. The van der Waals surface area contributed by atoms with Crippen molar-refractivity contribution in [3.63, 3.8) is 0 Å². The molecule has 43 heavy (non-hydrogen) atoms. The molecular formula is C29H39F2N5O7. The van der Waals surface area contributed by atoms with Gasteiger partial charge in [0.25, 0.3) is 5.92 Å². The molecule has 0 aliphatic carbocycles. The van der Waals surface area contributed by atoms with Gasteiger partial charge in [-0.2, -0.15) is 5.10 Å². The van der Waals surface area contributed by atoms with Crippen molar-refractivity contribution in [2.24, 2.45) is 5.92 Å². The maximum atomic E-state index is 14.8. The normalized spacial score (nSPS) is 16.7. The molecule has 1 aliphatic rings. The number of amides is 3. The highest BCUT2D eigenvalue weighted by atomic mass is 19.3. The van der Waals surface area contributed by atoms with E-state index in [9.17, 15) is 23.2 Å². The van der Waals surface area contributed by atoms with E-state index in [4.69, 9.17) is 18.9 Å². The van der Waals surface area contributed by atoms with Gasteiger partial charge in [-0.15, -0.1) is 5.10 Å². The number of alkyl halides is 2. The summed E-state index contributed by atoms with van der Waals surface area (Å²) in [6, 6.07) is 6.68. The van der Waals surface area contributed by atoms with Crippen LogP contribution < -0.4 is 20.1 Å². The molecule has 2 aromatic rings. The van der Waals surface area contributed by atoms with Crippen LogP contribution in [0.15, 0.2) is 24.3 Å². The molecule has 1 aromatic carbocycles. The second-order valence-corrected chi connectivity index (χ2v) is 12.1. The number of likely N-dealkylation sites (tertiary alicyclic amines) is 1. The van der Waals surface area contributed by atoms with Crippen LogP contribution in [0.3, 0.4) is 0 Å². The van der Waals surface area contributed by atoms with Crippen molar-refractivity contribution in [1.82, 2.24) is 15.1 Å². The Hall–Kier alpha value is -4.23. The maximum Gasteiger partial charge on any atom is 0.417 e. The van der Waals surface area contributed by atoms with Crippen molar-refractivity contribution in [1.29, 1.82) is 0 Å². The van der Waals surface area contributed by atoms with E-state index in [1.807, 2.05) is 0 Å². The van der Waals surface area contributed by atoms with Gasteiger partial charge in [0.2, 0.25) is 5.91 Å². The predicted molar refractivity (Wildman–Crippen MR) is 153 cm³/mol. The lowest BCUT2D eigenvalue weighted by atomic mass is 9.90. The summed E-state index contributed by atoms with van der Waals surface area (Å²) in [5, 5.41) is 13.8. The fourth-order valence-electron chi connectivity index (χ4n) is 4.28. The first kappa shape index (κ1) is 33.3. The first-order chi connectivity index (χ1) is 19.9. The van der Waals surface area contributed by atoms with Gasteiger partial charge in [-0.1, -0.05) is 0 Å². The molecule has 1 atom stereocenters. The van der Waals surface area contributed by atoms with Crippen LogP contribution in [-0.2, 0) is 27.2 Å². The van der Waals surface area contributed by atoms with Gasteiger partial charge in [0.05, 0.1) is 38.1 Å². The van der Waals surface area contributed by atoms with E-state index < -0.39 is 54.1 Å². The quantitative estimate of drug-likeness (QED) is 0.400. The Balaban J connectivity index is 1.92. The minimum atomic E-state index is -3.34. The number of carbonyl (C=O) groups is 3. The van der Waals surface area contributed by atoms with Gasteiger partial charge in [-0.05, 0) is 53.7 Å². The molecule has 1 fully saturated rings. The number of ether oxygens (including phenoxy) is 4. The number of hydrogen-bond donors (Lipinski definition) is 2. The van der Waals surface area contributed by atoms with E-state index in [1.165, 1.54) is 20.3 Å². The van der Waals surface area contributed by atoms with Crippen molar-refractivity contribution in [2.75, 3.05) is 31.4 Å². The number of hydrogen-bond acceptors (Lipinski definition) is 10. The lowest BCUT2D eigenvalue weighted by molar-refractivity contribution is -0.153. The number of imide groups is 1. The summed E-state index contributed by atoms with van der Waals surface area (Å²) in [6.45, 7) is 8.95. The topological polar surface area (TPSA) is 141 Å². The number of halogens is 2. The highest BCUT2D eigenvalue weighted by molar-refractivity contribution is 5.94. The molecule has 12 nitrogen and oxygen atoms in total. The zero-order valence-corrected chi connectivity index (χ0v) is 25.7. The lowest BCUT2D eigenvalue weighted by Crippen LogP contribution is -2.54. The minimum Gasteiger partial charge on any atom is -0.497 e. The Kier molecular flexibility index (Phi) is 10.0. The molecule has 3 rings (SSSR count). The number of piperidine rings is 1. The SMILES string of the molecule is COc1ccc(CNc2cc(NC(=O)OC(C)(C)C)nnc2CC2CC(F)(F)CN(C(=O)OC(C)(C)C)C2=O)c(OC)c1. The van der Waals surface area contributed by atoms with Crippen LogP contribution in [0.1, 0.15) is 59.2 Å². The smallest absolute Gasteiger partial charge is 0.417 e. The Morgan fingerprint density at radius 1 is 1.02 bits per heavy atom. The van der Waals surface area contributed by atoms with Crippen LogP contribution in [-0.4, -0.2) is 71.1 Å². The second kappa shape index (κ2) is 13.0. The molecule has 1 aliphatic heterocycles. The van der Waals surface area contributed by atoms with E-state index in [-0.39, 0.29) is 24.5 Å². The van der Waals surface area contributed by atoms with E-state index in [0.717, 1.165) is 5.56 Å². The molecule has 1 saturated heterocycles. The molecule has 0 spiro atoms. The van der Waals surface area contributed by atoms with E-state index in [2.05, 4.69) is 20.8 Å². The first-order valence-electron chi connectivity index (χ1n) is 13.6. The third-order valence-corrected chi connectivity index (χ3v) is 6.07. The number of carbonyl (C=O) groups excluding carboxylic acids is 3. The average molecular weight is 608 g/mol. The standard InChI is InChI=1S/C29H39F2N5O7/c1-27(2,3)42-25(38)33-23-13-20(32-15-17-9-10-19(40-7)12-22(17)41-8)21(34-35-23)11-18-14-29(30,31)16-36(24(18)37)26(39)43-28(4,5)6/h9-10,12-13,18H,11,14-16H2,1-8H3,(H2,32,33,35,38). The zero-order chi connectivity index (χ0) is 32.2. The molecule has 1 unspecified atom stereocenters. The Bertz CT molecular complexity index is 1340. The largest absolute Gasteiger partial charge is 0.497 e. The van der Waals surface area contributed by atoms with Gasteiger partial charge < -0.3 is 24.3 Å². The number of benzene rings is 1. The summed E-state index contributed by atoms with van der Waals surface area (Å²) < 4.78 is 50.8. The van der Waals surface area contributed by atoms with Crippen LogP contribution in [0.4, 0.5) is 29.9 Å². The molecule has 14 heteroatoms. The van der Waals surface area contributed by atoms with Gasteiger partial charge >= 0.3 is 12.2 Å². The summed E-state index contributed by atoms with van der Waals surface area (Å²) in [7, 11) is 3.03. The van der Waals surface area contributed by atoms with E-state index in [0.29, 0.717) is 22.1 Å². The van der Waals surface area contributed by atoms with Crippen molar-refractivity contribution >= 4 is 29.6 Å². The van der Waals surface area contributed by atoms with Gasteiger partial charge in [-0.25, -0.2) is 23.3 Å². The molecule has 2 heterocycles. The van der Waals surface area contributed by atoms with Crippen molar-refractivity contribution in [2.45, 2.75) is 78.1 Å². The zero-order valence-electron chi connectivity index (χ0n) is 25.7. The van der Waals surface area contributed by atoms with Crippen molar-refractivity contribution in [3.05, 3.63) is 35.5 Å². The van der Waals surface area contributed by atoms with Gasteiger partial charge in [0.1, 0.15) is 22.7 Å². The fourth-order valence-corrected chi connectivity index (χ4v) is 4.28. The molecule has 236 valence electrons. The molecule has 0 bridgehead atoms. The van der Waals surface area contributed by atoms with E-state index in [1.54, 1.807) is 59.7 Å². The van der Waals surface area contributed by atoms with Crippen LogP contribution in [0.5, 0.6) is 11.5 Å². The monoisotopic (exact) mass is 607 g/mol. The second-order valence-electron chi connectivity index (χ2n) is 12.1. The van der Waals surface area contributed by atoms with Crippen molar-refractivity contribution < 1.29 is 42.1 Å². The summed E-state index contributed by atoms with van der Waals surface area (Å²) in [4.78, 5) is 38.7. The minimum absolute atomic E-state index is 0.0258. The highest BCUT2D eigenvalue weighted by Crippen LogP contribution is 2.35. The fraction of sp³-hybridized carbons (Fsp3) is 0.552. The van der Waals surface area contributed by atoms with Crippen LogP contribution in [0.25, 0.3) is 0 Å². The maximum absolute atomic E-state index is 14.8. The molecule has 1 aromatic heterocycles. The van der Waals surface area contributed by atoms with Gasteiger partial charge in [0.15, 0.2) is 5.82 Å². The number of nitrogens with one attached hydrogen (secondary N) is 2. The molecule has 0 saturated carbocycles. The van der Waals surface area contributed by atoms with Crippen LogP contribution in [0.2, 0.25) is 0 Å². The number of anilines is 2. The summed E-state index contributed by atoms with van der Waals surface area (Å²) in [5.74, 6) is -4.31. The van der Waals surface area contributed by atoms with E-state index >= 15 is 0 Å². The predicted octanol–water partition coefficient (Wildman–Crippen LogP) is 5.41. The summed E-state index contributed by atoms with van der Waals surface area (Å²) >= 11 is 0. The number of nitrogens with zero attached hydrogens (tertiary/aromatic N) is 3. The Labute approximate surface area is 249 Å². The Morgan fingerprint density at radius 3 is 2.30 bits per heavy atom. The summed E-state index contributed by atoms with van der Waals surface area (Å²) in [5.41, 5.74) is -0.548. The number of aromatic nitrogens is 2. The molecular weight excluding hydrogens is 568 g/mol. The number of rotatable bonds is 8. The van der Waals surface area contributed by atoms with Crippen molar-refractivity contribution in [3.8, 4) is 11.5 Å². The van der Waals surface area contributed by atoms with Crippen LogP contribution >= 0.6 is 0 Å². The molecule has 2 N–H and O–H groups in total. The first-order valence-corrected chi connectivity index (χ1v) is 13.6. The number of methoxy groups -OCH3 is 2. The van der Waals surface area contributed by atoms with Gasteiger partial charge in [-0.3, -0.25) is 10.1 Å². The third kappa shape index (κ3) is 9.65. The average Bonchev–Trinajstić information content (AvgIpc) is 2.88. The molecule has 3 amide bonds. The third-order valence-electron chi connectivity index (χ3n) is 6.07. The lowest BCUT2D eigenvalue weighted by Gasteiger charge is -2.36. The van der Waals surface area contributed by atoms with Crippen LogP contribution in [0, 0.1) is 5.92 Å². The van der Waals surface area contributed by atoms with Gasteiger partial charge in [0, 0.05) is 37.1 Å². The summed E-state index contributed by atoms with van der Waals surface area (Å²) in [6.07, 6.45) is -2.98. The molecule has 0 radical (unpaired) electrons. The Morgan fingerprint density at radius 2 is 1.70 bits per heavy atom.